The third kappa shape index (κ3) is 3.66. The molecule has 4 heteroatoms. The van der Waals surface area contributed by atoms with Crippen molar-refractivity contribution < 1.29 is 0 Å². The Bertz CT molecular complexity index is 404. The molecule has 0 fully saturated rings. The Balaban J connectivity index is 2.96. The van der Waals surface area contributed by atoms with E-state index < -0.39 is 0 Å². The Morgan fingerprint density at radius 3 is 2.65 bits per heavy atom. The van der Waals surface area contributed by atoms with E-state index in [4.69, 9.17) is 18.0 Å². The molecule has 0 radical (unpaired) electrons. The highest BCUT2D eigenvalue weighted by Crippen LogP contribution is 2.18. The van der Waals surface area contributed by atoms with E-state index in [2.05, 4.69) is 31.1 Å². The quantitative estimate of drug-likeness (QED) is 0.790. The van der Waals surface area contributed by atoms with Gasteiger partial charge in [0, 0.05) is 11.7 Å². The Morgan fingerprint density at radius 1 is 1.47 bits per heavy atom. The van der Waals surface area contributed by atoms with Gasteiger partial charge in [0.05, 0.1) is 5.56 Å². The zero-order valence-electron chi connectivity index (χ0n) is 10.9. The van der Waals surface area contributed by atoms with Gasteiger partial charge < -0.3 is 11.1 Å². The van der Waals surface area contributed by atoms with Crippen molar-refractivity contribution in [2.75, 3.05) is 5.32 Å². The number of nitrogens with two attached hydrogens (primary N) is 1. The second-order valence-electron chi connectivity index (χ2n) is 4.53. The first-order valence-electron chi connectivity index (χ1n) is 5.99. The molecule has 0 aliphatic carbocycles. The highest BCUT2D eigenvalue weighted by Gasteiger charge is 2.14. The predicted molar refractivity (Wildman–Crippen MR) is 77.4 cm³/mol. The van der Waals surface area contributed by atoms with Crippen LogP contribution in [0.15, 0.2) is 12.1 Å². The van der Waals surface area contributed by atoms with Gasteiger partial charge in [-0.25, -0.2) is 4.98 Å². The van der Waals surface area contributed by atoms with Crippen molar-refractivity contribution in [2.24, 2.45) is 11.7 Å². The standard InChI is InChI=1S/C13H21N3S/c1-5-8(2)10(4)16-13-11(12(14)17)7-6-9(3)15-13/h6-8,10H,5H2,1-4H3,(H2,14,17)(H,15,16). The van der Waals surface area contributed by atoms with Crippen LogP contribution in [-0.4, -0.2) is 16.0 Å². The summed E-state index contributed by atoms with van der Waals surface area (Å²) in [6, 6.07) is 4.20. The lowest BCUT2D eigenvalue weighted by atomic mass is 10.0. The van der Waals surface area contributed by atoms with Gasteiger partial charge in [0.15, 0.2) is 0 Å². The van der Waals surface area contributed by atoms with Gasteiger partial charge in [-0.05, 0) is 31.9 Å². The lowest BCUT2D eigenvalue weighted by molar-refractivity contribution is 0.493. The van der Waals surface area contributed by atoms with E-state index in [0.717, 1.165) is 23.5 Å². The highest BCUT2D eigenvalue weighted by molar-refractivity contribution is 7.80. The highest BCUT2D eigenvalue weighted by atomic mass is 32.1. The summed E-state index contributed by atoms with van der Waals surface area (Å²) in [5, 5.41) is 3.40. The van der Waals surface area contributed by atoms with Crippen LogP contribution in [-0.2, 0) is 0 Å². The molecule has 3 N–H and O–H groups in total. The number of aryl methyl sites for hydroxylation is 1. The van der Waals surface area contributed by atoms with Crippen LogP contribution in [0.3, 0.4) is 0 Å². The van der Waals surface area contributed by atoms with Gasteiger partial charge in [-0.3, -0.25) is 0 Å². The molecule has 17 heavy (non-hydrogen) atoms. The Morgan fingerprint density at radius 2 is 2.12 bits per heavy atom. The molecule has 0 spiro atoms. The average Bonchev–Trinajstić information content (AvgIpc) is 2.27. The number of anilines is 1. The van der Waals surface area contributed by atoms with Crippen LogP contribution in [0.4, 0.5) is 5.82 Å². The number of pyridine rings is 1. The maximum absolute atomic E-state index is 5.70. The normalized spacial score (nSPS) is 14.1. The van der Waals surface area contributed by atoms with E-state index in [0.29, 0.717) is 16.9 Å². The van der Waals surface area contributed by atoms with Crippen molar-refractivity contribution >= 4 is 23.0 Å². The lowest BCUT2D eigenvalue weighted by Gasteiger charge is -2.22. The van der Waals surface area contributed by atoms with Crippen molar-refractivity contribution in [1.29, 1.82) is 0 Å². The van der Waals surface area contributed by atoms with Gasteiger partial charge in [-0.15, -0.1) is 0 Å². The summed E-state index contributed by atoms with van der Waals surface area (Å²) in [6.07, 6.45) is 1.13. The molecule has 1 rings (SSSR count). The number of aromatic nitrogens is 1. The molecule has 2 atom stereocenters. The van der Waals surface area contributed by atoms with Crippen LogP contribution in [0.2, 0.25) is 0 Å². The molecule has 0 aliphatic heterocycles. The minimum atomic E-state index is 0.349. The third-order valence-corrected chi connectivity index (χ3v) is 3.38. The zero-order valence-corrected chi connectivity index (χ0v) is 11.8. The molecular weight excluding hydrogens is 230 g/mol. The third-order valence-electron chi connectivity index (χ3n) is 3.16. The zero-order chi connectivity index (χ0) is 13.0. The number of nitrogens with one attached hydrogen (secondary N) is 1. The van der Waals surface area contributed by atoms with Gasteiger partial charge in [0.1, 0.15) is 10.8 Å². The van der Waals surface area contributed by atoms with E-state index in [1.54, 1.807) is 0 Å². The van der Waals surface area contributed by atoms with E-state index in [1.807, 2.05) is 19.1 Å². The topological polar surface area (TPSA) is 50.9 Å². The van der Waals surface area contributed by atoms with Crippen LogP contribution in [0.1, 0.15) is 38.4 Å². The van der Waals surface area contributed by atoms with Gasteiger partial charge >= 0.3 is 0 Å². The summed E-state index contributed by atoms with van der Waals surface area (Å²) < 4.78 is 0. The first-order valence-corrected chi connectivity index (χ1v) is 6.40. The monoisotopic (exact) mass is 251 g/mol. The van der Waals surface area contributed by atoms with Crippen molar-refractivity contribution in [2.45, 2.75) is 40.2 Å². The number of hydrogen-bond donors (Lipinski definition) is 2. The second kappa shape index (κ2) is 5.96. The Hall–Kier alpha value is -1.16. The average molecular weight is 251 g/mol. The van der Waals surface area contributed by atoms with Crippen LogP contribution in [0.25, 0.3) is 0 Å². The second-order valence-corrected chi connectivity index (χ2v) is 4.97. The number of thiocarbonyl (C=S) groups is 1. The summed E-state index contributed by atoms with van der Waals surface area (Å²) in [5.74, 6) is 1.38. The van der Waals surface area contributed by atoms with E-state index in [9.17, 15) is 0 Å². The summed E-state index contributed by atoms with van der Waals surface area (Å²) in [6.45, 7) is 8.51. The Kier molecular flexibility index (Phi) is 4.87. The molecule has 0 aliphatic rings. The van der Waals surface area contributed by atoms with Crippen LogP contribution in [0.5, 0.6) is 0 Å². The SMILES string of the molecule is CCC(C)C(C)Nc1nc(C)ccc1C(N)=S. The minimum Gasteiger partial charge on any atom is -0.389 e. The molecule has 94 valence electrons. The molecular formula is C13H21N3S. The molecule has 1 aromatic rings. The molecule has 0 saturated heterocycles. The molecule has 0 saturated carbocycles. The van der Waals surface area contributed by atoms with E-state index >= 15 is 0 Å². The van der Waals surface area contributed by atoms with Crippen molar-refractivity contribution in [3.05, 3.63) is 23.4 Å². The molecule has 1 aromatic heterocycles. The van der Waals surface area contributed by atoms with Gasteiger partial charge in [-0.2, -0.15) is 0 Å². The number of nitrogens with zero attached hydrogens (tertiary/aromatic N) is 1. The fraction of sp³-hybridized carbons (Fsp3) is 0.538. The molecule has 1 heterocycles. The summed E-state index contributed by atoms with van der Waals surface area (Å²) in [4.78, 5) is 4.86. The largest absolute Gasteiger partial charge is 0.389 e. The smallest absolute Gasteiger partial charge is 0.136 e. The summed E-state index contributed by atoms with van der Waals surface area (Å²) in [5.41, 5.74) is 7.48. The molecule has 3 nitrogen and oxygen atoms in total. The lowest BCUT2D eigenvalue weighted by Crippen LogP contribution is -2.26. The molecule has 0 amide bonds. The van der Waals surface area contributed by atoms with Gasteiger partial charge in [0.2, 0.25) is 0 Å². The first kappa shape index (κ1) is 13.9. The van der Waals surface area contributed by atoms with Crippen LogP contribution < -0.4 is 11.1 Å². The molecule has 0 bridgehead atoms. The first-order chi connectivity index (χ1) is 7.95. The molecule has 2 unspecified atom stereocenters. The maximum atomic E-state index is 5.70. The number of hydrogen-bond acceptors (Lipinski definition) is 3. The van der Waals surface area contributed by atoms with E-state index in [1.165, 1.54) is 0 Å². The van der Waals surface area contributed by atoms with Crippen LogP contribution in [0, 0.1) is 12.8 Å². The maximum Gasteiger partial charge on any atom is 0.136 e. The number of rotatable bonds is 5. The fourth-order valence-corrected chi connectivity index (χ4v) is 1.74. The van der Waals surface area contributed by atoms with Gasteiger partial charge in [0.25, 0.3) is 0 Å². The van der Waals surface area contributed by atoms with Crippen molar-refractivity contribution in [3.8, 4) is 0 Å². The predicted octanol–water partition coefficient (Wildman–Crippen LogP) is 2.87. The molecule has 0 aromatic carbocycles. The van der Waals surface area contributed by atoms with Crippen LogP contribution >= 0.6 is 12.2 Å². The summed E-state index contributed by atoms with van der Waals surface area (Å²) >= 11 is 5.04. The van der Waals surface area contributed by atoms with Crippen molar-refractivity contribution in [3.63, 3.8) is 0 Å². The van der Waals surface area contributed by atoms with Gasteiger partial charge in [-0.1, -0.05) is 32.5 Å². The van der Waals surface area contributed by atoms with Crippen molar-refractivity contribution in [1.82, 2.24) is 4.98 Å². The Labute approximate surface area is 109 Å². The van der Waals surface area contributed by atoms with E-state index in [-0.39, 0.29) is 0 Å². The fourth-order valence-electron chi connectivity index (χ4n) is 1.58. The summed E-state index contributed by atoms with van der Waals surface area (Å²) in [7, 11) is 0. The minimum absolute atomic E-state index is 0.349.